The van der Waals surface area contributed by atoms with E-state index in [1.165, 1.54) is 5.56 Å². The summed E-state index contributed by atoms with van der Waals surface area (Å²) in [5.74, 6) is 0.663. The first kappa shape index (κ1) is 22.2. The number of nitrogens with zero attached hydrogens (tertiary/aromatic N) is 3. The summed E-state index contributed by atoms with van der Waals surface area (Å²) in [5, 5.41) is 4.26. The lowest BCUT2D eigenvalue weighted by Crippen LogP contribution is -2.38. The quantitative estimate of drug-likeness (QED) is 0.476. The molecule has 3 aromatic rings. The highest BCUT2D eigenvalue weighted by Gasteiger charge is 2.18. The highest BCUT2D eigenvalue weighted by atomic mass is 16.5. The molecule has 0 saturated carbocycles. The highest BCUT2D eigenvalue weighted by Crippen LogP contribution is 2.25. The Bertz CT molecular complexity index is 1010. The highest BCUT2D eigenvalue weighted by molar-refractivity contribution is 5.80. The molecule has 0 unspecified atom stereocenters. The Morgan fingerprint density at radius 2 is 2.00 bits per heavy atom. The molecular formula is C26H31N3O3. The van der Waals surface area contributed by atoms with E-state index < -0.39 is 0 Å². The number of aromatic nitrogens is 2. The smallest absolute Gasteiger partial charge is 0.153 e. The summed E-state index contributed by atoms with van der Waals surface area (Å²) >= 11 is 0. The molecule has 0 N–H and O–H groups in total. The summed E-state index contributed by atoms with van der Waals surface area (Å²) < 4.78 is 13.3. The largest absolute Gasteiger partial charge is 0.491 e. The van der Waals surface area contributed by atoms with Crippen LogP contribution in [0, 0.1) is 6.92 Å². The van der Waals surface area contributed by atoms with Crippen LogP contribution in [0.25, 0.3) is 5.69 Å². The molecule has 0 radical (unpaired) electrons. The van der Waals surface area contributed by atoms with Crippen molar-refractivity contribution < 1.29 is 14.3 Å². The molecule has 32 heavy (non-hydrogen) atoms. The van der Waals surface area contributed by atoms with Crippen molar-refractivity contribution >= 4 is 6.29 Å². The summed E-state index contributed by atoms with van der Waals surface area (Å²) in [5.41, 5.74) is 5.07. The van der Waals surface area contributed by atoms with E-state index in [2.05, 4.69) is 48.2 Å². The average molecular weight is 434 g/mol. The molecule has 6 nitrogen and oxygen atoms in total. The van der Waals surface area contributed by atoms with Gasteiger partial charge >= 0.3 is 0 Å². The molecule has 0 atom stereocenters. The third-order valence-corrected chi connectivity index (χ3v) is 6.21. The van der Waals surface area contributed by atoms with Crippen LogP contribution in [0.2, 0.25) is 0 Å². The lowest BCUT2D eigenvalue weighted by molar-refractivity contribution is 0.0392. The third-order valence-electron chi connectivity index (χ3n) is 6.21. The zero-order valence-electron chi connectivity index (χ0n) is 18.9. The van der Waals surface area contributed by atoms with Crippen molar-refractivity contribution in [3.63, 3.8) is 0 Å². The van der Waals surface area contributed by atoms with Gasteiger partial charge in [-0.25, -0.2) is 4.68 Å². The monoisotopic (exact) mass is 433 g/mol. The molecule has 1 aliphatic heterocycles. The first-order chi connectivity index (χ1) is 15.6. The number of carbonyl (C=O) groups is 1. The van der Waals surface area contributed by atoms with Gasteiger partial charge in [-0.15, -0.1) is 0 Å². The van der Waals surface area contributed by atoms with Gasteiger partial charge in [-0.05, 0) is 80.3 Å². The molecule has 0 spiro atoms. The number of aldehydes is 1. The van der Waals surface area contributed by atoms with Crippen LogP contribution in [0.3, 0.4) is 0 Å². The number of aryl methyl sites for hydroxylation is 1. The summed E-state index contributed by atoms with van der Waals surface area (Å²) in [6, 6.07) is 14.7. The molecule has 1 saturated heterocycles. The number of ether oxygens (including phenoxy) is 2. The van der Waals surface area contributed by atoms with Crippen LogP contribution in [0.4, 0.5) is 0 Å². The van der Waals surface area contributed by atoms with E-state index in [4.69, 9.17) is 9.47 Å². The van der Waals surface area contributed by atoms with Gasteiger partial charge in [-0.3, -0.25) is 9.69 Å². The molecule has 1 aromatic heterocycles. The predicted molar refractivity (Wildman–Crippen MR) is 125 cm³/mol. The van der Waals surface area contributed by atoms with Crippen LogP contribution in [0.1, 0.15) is 39.9 Å². The van der Waals surface area contributed by atoms with Crippen LogP contribution in [0.5, 0.6) is 5.75 Å². The van der Waals surface area contributed by atoms with Gasteiger partial charge < -0.3 is 9.47 Å². The minimum Gasteiger partial charge on any atom is -0.491 e. The Labute approximate surface area is 189 Å². The maximum atomic E-state index is 11.7. The number of hydrogen-bond donors (Lipinski definition) is 0. The topological polar surface area (TPSA) is 56.6 Å². The zero-order chi connectivity index (χ0) is 22.3. The van der Waals surface area contributed by atoms with Crippen LogP contribution in [-0.2, 0) is 11.2 Å². The SMILES string of the molecule is Cc1cc(OCCN(C)C2CCOCC2)c(C=O)cc1Cc1ccc(-n2cccn2)cc1. The summed E-state index contributed by atoms with van der Waals surface area (Å²) in [6.45, 7) is 5.12. The van der Waals surface area contributed by atoms with Crippen molar-refractivity contribution in [2.24, 2.45) is 0 Å². The van der Waals surface area contributed by atoms with E-state index in [1.54, 1.807) is 6.20 Å². The molecule has 4 rings (SSSR count). The van der Waals surface area contributed by atoms with Crippen LogP contribution < -0.4 is 4.74 Å². The van der Waals surface area contributed by atoms with Gasteiger partial charge in [-0.1, -0.05) is 12.1 Å². The molecule has 1 aliphatic rings. The second-order valence-corrected chi connectivity index (χ2v) is 8.40. The number of benzene rings is 2. The molecule has 0 amide bonds. The van der Waals surface area contributed by atoms with Gasteiger partial charge in [0.1, 0.15) is 12.4 Å². The van der Waals surface area contributed by atoms with Gasteiger partial charge in [0.05, 0.1) is 11.3 Å². The number of likely N-dealkylation sites (N-methyl/N-ethyl adjacent to an activating group) is 1. The Balaban J connectivity index is 1.38. The van der Waals surface area contributed by atoms with Gasteiger partial charge in [-0.2, -0.15) is 5.10 Å². The standard InChI is InChI=1S/C26H31N3O3/c1-20-16-26(32-15-12-28(2)24-8-13-31-14-9-24)23(19-30)18-22(20)17-21-4-6-25(7-5-21)29-11-3-10-27-29/h3-7,10-11,16,18-19,24H,8-9,12-15,17H2,1-2H3. The maximum absolute atomic E-state index is 11.7. The third kappa shape index (κ3) is 5.44. The molecule has 0 bridgehead atoms. The van der Waals surface area contributed by atoms with E-state index in [0.717, 1.165) is 62.1 Å². The van der Waals surface area contributed by atoms with E-state index in [0.29, 0.717) is 24.0 Å². The lowest BCUT2D eigenvalue weighted by Gasteiger charge is -2.31. The minimum atomic E-state index is 0.543. The molecule has 6 heteroatoms. The number of carbonyl (C=O) groups excluding carboxylic acids is 1. The lowest BCUT2D eigenvalue weighted by atomic mass is 9.97. The summed E-state index contributed by atoms with van der Waals surface area (Å²) in [7, 11) is 2.13. The fourth-order valence-electron chi connectivity index (χ4n) is 4.17. The molecular weight excluding hydrogens is 402 g/mol. The predicted octanol–water partition coefficient (Wildman–Crippen LogP) is 4.07. The zero-order valence-corrected chi connectivity index (χ0v) is 18.9. The van der Waals surface area contributed by atoms with Crippen molar-refractivity contribution in [2.75, 3.05) is 33.4 Å². The van der Waals surface area contributed by atoms with Crippen molar-refractivity contribution in [1.82, 2.24) is 14.7 Å². The van der Waals surface area contributed by atoms with Gasteiger partial charge in [0, 0.05) is 38.2 Å². The van der Waals surface area contributed by atoms with E-state index in [1.807, 2.05) is 29.1 Å². The van der Waals surface area contributed by atoms with Crippen molar-refractivity contribution in [2.45, 2.75) is 32.2 Å². The Hall–Kier alpha value is -2.96. The number of hydrogen-bond acceptors (Lipinski definition) is 5. The second kappa shape index (κ2) is 10.6. The van der Waals surface area contributed by atoms with Crippen LogP contribution in [-0.4, -0.2) is 60.4 Å². The van der Waals surface area contributed by atoms with Crippen molar-refractivity contribution in [1.29, 1.82) is 0 Å². The van der Waals surface area contributed by atoms with Gasteiger partial charge in [0.2, 0.25) is 0 Å². The van der Waals surface area contributed by atoms with Crippen LogP contribution in [0.15, 0.2) is 54.9 Å². The first-order valence-electron chi connectivity index (χ1n) is 11.2. The van der Waals surface area contributed by atoms with E-state index in [9.17, 15) is 4.79 Å². The normalized spacial score (nSPS) is 14.6. The maximum Gasteiger partial charge on any atom is 0.153 e. The first-order valence-corrected chi connectivity index (χ1v) is 11.2. The Kier molecular flexibility index (Phi) is 7.35. The Morgan fingerprint density at radius 3 is 2.69 bits per heavy atom. The average Bonchev–Trinajstić information content (AvgIpc) is 3.36. The summed E-state index contributed by atoms with van der Waals surface area (Å²) in [6.07, 6.45) is 7.47. The molecule has 2 heterocycles. The Morgan fingerprint density at radius 1 is 1.22 bits per heavy atom. The van der Waals surface area contributed by atoms with Crippen LogP contribution >= 0.6 is 0 Å². The fourth-order valence-corrected chi connectivity index (χ4v) is 4.17. The molecule has 1 fully saturated rings. The molecule has 0 aliphatic carbocycles. The fraction of sp³-hybridized carbons (Fsp3) is 0.385. The second-order valence-electron chi connectivity index (χ2n) is 8.40. The van der Waals surface area contributed by atoms with E-state index in [-0.39, 0.29) is 0 Å². The minimum absolute atomic E-state index is 0.543. The van der Waals surface area contributed by atoms with Gasteiger partial charge in [0.25, 0.3) is 0 Å². The van der Waals surface area contributed by atoms with Crippen molar-refractivity contribution in [3.8, 4) is 11.4 Å². The summed E-state index contributed by atoms with van der Waals surface area (Å²) in [4.78, 5) is 14.1. The van der Waals surface area contributed by atoms with E-state index >= 15 is 0 Å². The van der Waals surface area contributed by atoms with Crippen molar-refractivity contribution in [3.05, 3.63) is 77.1 Å². The molecule has 168 valence electrons. The number of rotatable bonds is 9. The molecule has 2 aromatic carbocycles. The van der Waals surface area contributed by atoms with Gasteiger partial charge in [0.15, 0.2) is 6.29 Å².